The lowest BCUT2D eigenvalue weighted by Crippen LogP contribution is -2.31. The van der Waals surface area contributed by atoms with Gasteiger partial charge in [-0.15, -0.1) is 0 Å². The summed E-state index contributed by atoms with van der Waals surface area (Å²) < 4.78 is 5.08. The van der Waals surface area contributed by atoms with Crippen LogP contribution >= 0.6 is 11.6 Å². The zero-order valence-electron chi connectivity index (χ0n) is 14.5. The van der Waals surface area contributed by atoms with Crippen molar-refractivity contribution in [2.45, 2.75) is 0 Å². The minimum absolute atomic E-state index is 0.0598. The summed E-state index contributed by atoms with van der Waals surface area (Å²) in [4.78, 5) is 51.5. The maximum atomic E-state index is 13.1. The lowest BCUT2D eigenvalue weighted by atomic mass is 9.78. The van der Waals surface area contributed by atoms with Gasteiger partial charge < -0.3 is 10.5 Å². The monoisotopic (exact) mass is 393 g/mol. The molecule has 0 saturated heterocycles. The Labute approximate surface area is 164 Å². The van der Waals surface area contributed by atoms with Gasteiger partial charge in [0.15, 0.2) is 11.6 Å². The molecule has 2 aliphatic rings. The third-order valence-electron chi connectivity index (χ3n) is 4.77. The molecular weight excluding hydrogens is 382 g/mol. The van der Waals surface area contributed by atoms with Crippen LogP contribution < -0.4 is 10.5 Å². The zero-order valence-corrected chi connectivity index (χ0v) is 15.3. The lowest BCUT2D eigenvalue weighted by molar-refractivity contribution is 0.0955. The van der Waals surface area contributed by atoms with E-state index in [4.69, 9.17) is 22.1 Å². The minimum Gasteiger partial charge on any atom is -0.497 e. The van der Waals surface area contributed by atoms with E-state index in [1.807, 2.05) is 0 Å². The average Bonchev–Trinajstić information content (AvgIpc) is 2.72. The van der Waals surface area contributed by atoms with E-state index in [-0.39, 0.29) is 33.4 Å². The van der Waals surface area contributed by atoms with E-state index in [9.17, 15) is 19.2 Å². The van der Waals surface area contributed by atoms with Crippen LogP contribution in [0.3, 0.4) is 0 Å². The Morgan fingerprint density at radius 1 is 0.750 bits per heavy atom. The molecule has 138 valence electrons. The maximum Gasteiger partial charge on any atom is 0.210 e. The molecule has 28 heavy (non-hydrogen) atoms. The van der Waals surface area contributed by atoms with Gasteiger partial charge in [0, 0.05) is 22.3 Å². The van der Waals surface area contributed by atoms with Crippen molar-refractivity contribution in [3.63, 3.8) is 0 Å². The number of rotatable bonds is 2. The highest BCUT2D eigenvalue weighted by atomic mass is 35.5. The number of hydrogen-bond acceptors (Lipinski definition) is 6. The summed E-state index contributed by atoms with van der Waals surface area (Å²) in [6.07, 6.45) is 0. The SMILES string of the molecule is COc1ccc2c(c1)C(=O)C(Cl)=C(C1=C(N)C(=O)c3ccccc3C1=O)C2=O. The summed E-state index contributed by atoms with van der Waals surface area (Å²) in [6, 6.07) is 10.5. The molecule has 0 bridgehead atoms. The molecule has 0 fully saturated rings. The fourth-order valence-corrected chi connectivity index (χ4v) is 3.65. The van der Waals surface area contributed by atoms with Crippen molar-refractivity contribution in [3.8, 4) is 5.75 Å². The van der Waals surface area contributed by atoms with Crippen LogP contribution in [0, 0.1) is 0 Å². The summed E-state index contributed by atoms with van der Waals surface area (Å²) in [7, 11) is 1.43. The molecule has 0 heterocycles. The standard InChI is InChI=1S/C21H12ClNO5/c1-28-9-6-7-12-13(8-9)20(26)16(22)14(18(12)24)15-17(23)21(27)11-5-3-2-4-10(11)19(15)25/h2-8H,23H2,1H3. The van der Waals surface area contributed by atoms with E-state index in [1.165, 1.54) is 37.4 Å². The number of ether oxygens (including phenoxy) is 1. The third kappa shape index (κ3) is 2.35. The van der Waals surface area contributed by atoms with E-state index < -0.39 is 33.9 Å². The number of hydrogen-bond donors (Lipinski definition) is 1. The van der Waals surface area contributed by atoms with Gasteiger partial charge in [-0.25, -0.2) is 0 Å². The summed E-state index contributed by atoms with van der Waals surface area (Å²) in [6.45, 7) is 0. The van der Waals surface area contributed by atoms with Crippen LogP contribution in [0.4, 0.5) is 0 Å². The van der Waals surface area contributed by atoms with Crippen LogP contribution in [0.2, 0.25) is 0 Å². The number of ketones is 4. The molecule has 2 aromatic rings. The van der Waals surface area contributed by atoms with Gasteiger partial charge >= 0.3 is 0 Å². The largest absolute Gasteiger partial charge is 0.497 e. The highest BCUT2D eigenvalue weighted by Gasteiger charge is 2.40. The molecular formula is C21H12ClNO5. The molecule has 6 nitrogen and oxygen atoms in total. The number of carbonyl (C=O) groups is 4. The Morgan fingerprint density at radius 3 is 1.96 bits per heavy atom. The smallest absolute Gasteiger partial charge is 0.210 e. The van der Waals surface area contributed by atoms with Crippen LogP contribution in [-0.4, -0.2) is 30.2 Å². The molecule has 0 aliphatic heterocycles. The second kappa shape index (κ2) is 6.28. The quantitative estimate of drug-likeness (QED) is 0.841. The van der Waals surface area contributed by atoms with Crippen molar-refractivity contribution in [2.75, 3.05) is 7.11 Å². The van der Waals surface area contributed by atoms with Crippen molar-refractivity contribution in [1.82, 2.24) is 0 Å². The lowest BCUT2D eigenvalue weighted by Gasteiger charge is -2.24. The van der Waals surface area contributed by atoms with Crippen LogP contribution in [0.15, 0.2) is 64.3 Å². The number of carbonyl (C=O) groups excluding carboxylic acids is 4. The van der Waals surface area contributed by atoms with E-state index in [2.05, 4.69) is 0 Å². The number of allylic oxidation sites excluding steroid dienone is 4. The van der Waals surface area contributed by atoms with E-state index in [0.717, 1.165) is 0 Å². The molecule has 7 heteroatoms. The Balaban J connectivity index is 1.95. The predicted molar refractivity (Wildman–Crippen MR) is 101 cm³/mol. The molecule has 0 spiro atoms. The van der Waals surface area contributed by atoms with Crippen molar-refractivity contribution < 1.29 is 23.9 Å². The molecule has 0 radical (unpaired) electrons. The Hall–Kier alpha value is -3.51. The second-order valence-electron chi connectivity index (χ2n) is 6.25. The third-order valence-corrected chi connectivity index (χ3v) is 5.13. The van der Waals surface area contributed by atoms with Gasteiger partial charge in [0.1, 0.15) is 10.8 Å². The average molecular weight is 394 g/mol. The molecule has 2 aliphatic carbocycles. The number of fused-ring (bicyclic) bond motifs is 2. The molecule has 2 N–H and O–H groups in total. The van der Waals surface area contributed by atoms with Gasteiger partial charge in [0.25, 0.3) is 0 Å². The highest BCUT2D eigenvalue weighted by molar-refractivity contribution is 6.52. The summed E-state index contributed by atoms with van der Waals surface area (Å²) in [5.41, 5.74) is 5.20. The van der Waals surface area contributed by atoms with E-state index >= 15 is 0 Å². The van der Waals surface area contributed by atoms with Crippen molar-refractivity contribution in [1.29, 1.82) is 0 Å². The van der Waals surface area contributed by atoms with Gasteiger partial charge in [-0.05, 0) is 18.2 Å². The first-order valence-corrected chi connectivity index (χ1v) is 8.60. The minimum atomic E-state index is -0.652. The van der Waals surface area contributed by atoms with E-state index in [1.54, 1.807) is 12.1 Å². The topological polar surface area (TPSA) is 104 Å². The highest BCUT2D eigenvalue weighted by Crippen LogP contribution is 2.38. The summed E-state index contributed by atoms with van der Waals surface area (Å²) >= 11 is 6.21. The summed E-state index contributed by atoms with van der Waals surface area (Å²) in [5, 5.41) is -0.454. The number of methoxy groups -OCH3 is 1. The maximum absolute atomic E-state index is 13.1. The molecule has 4 rings (SSSR count). The van der Waals surface area contributed by atoms with Crippen molar-refractivity contribution in [3.05, 3.63) is 86.6 Å². The first-order chi connectivity index (χ1) is 13.4. The van der Waals surface area contributed by atoms with Gasteiger partial charge in [0.2, 0.25) is 11.6 Å². The fourth-order valence-electron chi connectivity index (χ4n) is 3.37. The number of Topliss-reactive ketones (excluding diaryl/α,β-unsaturated/α-hetero) is 4. The number of halogens is 1. The van der Waals surface area contributed by atoms with Crippen molar-refractivity contribution in [2.24, 2.45) is 5.73 Å². The molecule has 0 saturated carbocycles. The number of nitrogens with two attached hydrogens (primary N) is 1. The number of benzene rings is 2. The zero-order chi connectivity index (χ0) is 20.2. The Bertz CT molecular complexity index is 1190. The molecule has 0 amide bonds. The molecule has 0 aromatic heterocycles. The van der Waals surface area contributed by atoms with Gasteiger partial charge in [-0.1, -0.05) is 35.9 Å². The molecule has 0 atom stereocenters. The van der Waals surface area contributed by atoms with Crippen LogP contribution in [-0.2, 0) is 0 Å². The van der Waals surface area contributed by atoms with Crippen LogP contribution in [0.25, 0.3) is 0 Å². The Morgan fingerprint density at radius 2 is 1.32 bits per heavy atom. The van der Waals surface area contributed by atoms with Crippen molar-refractivity contribution >= 4 is 34.7 Å². The summed E-state index contributed by atoms with van der Waals surface area (Å²) in [5.74, 6) is -2.14. The fraction of sp³-hybridized carbons (Fsp3) is 0.0476. The first kappa shape index (κ1) is 17.9. The normalized spacial score (nSPS) is 16.4. The van der Waals surface area contributed by atoms with Crippen LogP contribution in [0.1, 0.15) is 41.4 Å². The molecule has 0 unspecified atom stereocenters. The molecule has 2 aromatic carbocycles. The van der Waals surface area contributed by atoms with Gasteiger partial charge in [0.05, 0.1) is 24.0 Å². The predicted octanol–water partition coefficient (Wildman–Crippen LogP) is 2.86. The Kier molecular flexibility index (Phi) is 4.01. The second-order valence-corrected chi connectivity index (χ2v) is 6.63. The van der Waals surface area contributed by atoms with Gasteiger partial charge in [-0.3, -0.25) is 19.2 Å². The van der Waals surface area contributed by atoms with Crippen LogP contribution in [0.5, 0.6) is 5.75 Å². The van der Waals surface area contributed by atoms with Gasteiger partial charge in [-0.2, -0.15) is 0 Å². The van der Waals surface area contributed by atoms with E-state index in [0.29, 0.717) is 5.75 Å². The first-order valence-electron chi connectivity index (χ1n) is 8.22.